The summed E-state index contributed by atoms with van der Waals surface area (Å²) in [5, 5.41) is 0. The fourth-order valence-electron chi connectivity index (χ4n) is 3.75. The maximum atomic E-state index is 11.7. The van der Waals surface area contributed by atoms with E-state index < -0.39 is 0 Å². The van der Waals surface area contributed by atoms with Gasteiger partial charge >= 0.3 is 5.97 Å². The summed E-state index contributed by atoms with van der Waals surface area (Å²) in [6.45, 7) is 10.6. The van der Waals surface area contributed by atoms with E-state index >= 15 is 0 Å². The number of esters is 1. The number of rotatable bonds is 4. The third-order valence-corrected chi connectivity index (χ3v) is 5.54. The zero-order chi connectivity index (χ0) is 12.7. The molecule has 0 amide bonds. The van der Waals surface area contributed by atoms with Crippen molar-refractivity contribution in [3.05, 3.63) is 12.7 Å². The molecule has 0 heterocycles. The van der Waals surface area contributed by atoms with Gasteiger partial charge < -0.3 is 4.74 Å². The van der Waals surface area contributed by atoms with E-state index in [0.717, 1.165) is 18.8 Å². The lowest BCUT2D eigenvalue weighted by Crippen LogP contribution is -2.38. The molecule has 0 aromatic heterocycles. The Morgan fingerprint density at radius 3 is 2.65 bits per heavy atom. The Labute approximate surface area is 104 Å². The van der Waals surface area contributed by atoms with Gasteiger partial charge in [0.1, 0.15) is 6.10 Å². The number of fused-ring (bicyclic) bond motifs is 2. The Hall–Kier alpha value is -0.790. The van der Waals surface area contributed by atoms with Gasteiger partial charge in [-0.3, -0.25) is 4.79 Å². The van der Waals surface area contributed by atoms with Crippen LogP contribution < -0.4 is 0 Å². The highest BCUT2D eigenvalue weighted by Gasteiger charge is 2.62. The monoisotopic (exact) mass is 236 g/mol. The molecule has 2 aliphatic rings. The number of hydrogen-bond acceptors (Lipinski definition) is 2. The van der Waals surface area contributed by atoms with Gasteiger partial charge in [0.25, 0.3) is 0 Å². The summed E-state index contributed by atoms with van der Waals surface area (Å²) in [7, 11) is 0. The molecule has 2 fully saturated rings. The van der Waals surface area contributed by atoms with Crippen LogP contribution in [0.4, 0.5) is 0 Å². The van der Waals surface area contributed by atoms with Gasteiger partial charge in [-0.2, -0.15) is 0 Å². The lowest BCUT2D eigenvalue weighted by molar-refractivity contribution is -0.156. The fourth-order valence-corrected chi connectivity index (χ4v) is 3.75. The predicted octanol–water partition coefficient (Wildman–Crippen LogP) is 3.71. The Balaban J connectivity index is 2.01. The van der Waals surface area contributed by atoms with Crippen LogP contribution in [0.5, 0.6) is 0 Å². The number of allylic oxidation sites excluding steroid dienone is 1. The molecule has 17 heavy (non-hydrogen) atoms. The SMILES string of the molecule is C=CCCC(=O)OC1CC2CCC1(C)C2(C)C. The van der Waals surface area contributed by atoms with Gasteiger partial charge in [-0.1, -0.05) is 26.8 Å². The van der Waals surface area contributed by atoms with Crippen molar-refractivity contribution < 1.29 is 9.53 Å². The van der Waals surface area contributed by atoms with E-state index in [2.05, 4.69) is 27.4 Å². The van der Waals surface area contributed by atoms with Crippen molar-refractivity contribution in [1.29, 1.82) is 0 Å². The van der Waals surface area contributed by atoms with Crippen LogP contribution in [0.1, 0.15) is 52.9 Å². The van der Waals surface area contributed by atoms with Gasteiger partial charge in [0.2, 0.25) is 0 Å². The molecule has 2 nitrogen and oxygen atoms in total. The molecular formula is C15H24O2. The van der Waals surface area contributed by atoms with E-state index in [1.165, 1.54) is 12.8 Å². The first-order valence-electron chi connectivity index (χ1n) is 6.72. The van der Waals surface area contributed by atoms with Crippen molar-refractivity contribution in [2.24, 2.45) is 16.7 Å². The Morgan fingerprint density at radius 2 is 2.18 bits per heavy atom. The average molecular weight is 236 g/mol. The quantitative estimate of drug-likeness (QED) is 0.549. The summed E-state index contributed by atoms with van der Waals surface area (Å²) < 4.78 is 5.70. The van der Waals surface area contributed by atoms with Crippen LogP contribution in [0, 0.1) is 16.7 Å². The Morgan fingerprint density at radius 1 is 1.47 bits per heavy atom. The molecular weight excluding hydrogens is 212 g/mol. The van der Waals surface area contributed by atoms with Gasteiger partial charge in [-0.05, 0) is 37.0 Å². The molecule has 0 aromatic carbocycles. The molecule has 3 unspecified atom stereocenters. The van der Waals surface area contributed by atoms with Crippen LogP contribution in [0.25, 0.3) is 0 Å². The number of ether oxygens (including phenoxy) is 1. The maximum Gasteiger partial charge on any atom is 0.306 e. The molecule has 0 radical (unpaired) electrons. The average Bonchev–Trinajstić information content (AvgIpc) is 2.59. The van der Waals surface area contributed by atoms with Crippen LogP contribution in [0.3, 0.4) is 0 Å². The van der Waals surface area contributed by atoms with Crippen LogP contribution in [0.2, 0.25) is 0 Å². The predicted molar refractivity (Wildman–Crippen MR) is 68.5 cm³/mol. The molecule has 2 aliphatic carbocycles. The molecule has 3 atom stereocenters. The summed E-state index contributed by atoms with van der Waals surface area (Å²) in [6.07, 6.45) is 6.65. The molecule has 0 spiro atoms. The molecule has 2 bridgehead atoms. The smallest absolute Gasteiger partial charge is 0.306 e. The lowest BCUT2D eigenvalue weighted by Gasteiger charge is -2.38. The Kier molecular flexibility index (Phi) is 3.09. The summed E-state index contributed by atoms with van der Waals surface area (Å²) in [4.78, 5) is 11.7. The Bertz CT molecular complexity index is 332. The second-order valence-electron chi connectivity index (χ2n) is 6.42. The molecule has 2 rings (SSSR count). The molecule has 96 valence electrons. The minimum atomic E-state index is -0.0560. The zero-order valence-electron chi connectivity index (χ0n) is 11.3. The van der Waals surface area contributed by atoms with E-state index in [9.17, 15) is 4.79 Å². The molecule has 2 heteroatoms. The van der Waals surface area contributed by atoms with E-state index in [1.54, 1.807) is 6.08 Å². The van der Waals surface area contributed by atoms with Crippen molar-refractivity contribution in [2.75, 3.05) is 0 Å². The number of carbonyl (C=O) groups is 1. The van der Waals surface area contributed by atoms with Gasteiger partial charge in [0.05, 0.1) is 0 Å². The van der Waals surface area contributed by atoms with Gasteiger partial charge in [-0.25, -0.2) is 0 Å². The molecule has 0 N–H and O–H groups in total. The fraction of sp³-hybridized carbons (Fsp3) is 0.800. The standard InChI is InChI=1S/C15H24O2/c1-5-6-7-13(16)17-12-10-11-8-9-15(12,4)14(11,2)3/h5,11-12H,1,6-10H2,2-4H3. The van der Waals surface area contributed by atoms with Crippen LogP contribution >= 0.6 is 0 Å². The van der Waals surface area contributed by atoms with Crippen LogP contribution in [-0.2, 0) is 9.53 Å². The first kappa shape index (κ1) is 12.7. The van der Waals surface area contributed by atoms with Crippen molar-refractivity contribution in [2.45, 2.75) is 59.0 Å². The first-order valence-corrected chi connectivity index (χ1v) is 6.72. The maximum absolute atomic E-state index is 11.7. The van der Waals surface area contributed by atoms with Crippen LogP contribution in [-0.4, -0.2) is 12.1 Å². The number of hydrogen-bond donors (Lipinski definition) is 0. The van der Waals surface area contributed by atoms with Gasteiger partial charge in [-0.15, -0.1) is 6.58 Å². The summed E-state index contributed by atoms with van der Waals surface area (Å²) in [6, 6.07) is 0. The molecule has 0 aromatic rings. The minimum Gasteiger partial charge on any atom is -0.462 e. The van der Waals surface area contributed by atoms with Crippen molar-refractivity contribution in [3.63, 3.8) is 0 Å². The summed E-state index contributed by atoms with van der Waals surface area (Å²) in [5.74, 6) is 0.671. The van der Waals surface area contributed by atoms with E-state index in [-0.39, 0.29) is 17.5 Å². The lowest BCUT2D eigenvalue weighted by atomic mass is 9.70. The van der Waals surface area contributed by atoms with E-state index in [1.807, 2.05) is 0 Å². The second-order valence-corrected chi connectivity index (χ2v) is 6.42. The molecule has 0 aliphatic heterocycles. The highest BCUT2D eigenvalue weighted by molar-refractivity contribution is 5.69. The number of carbonyl (C=O) groups excluding carboxylic acids is 1. The second kappa shape index (κ2) is 4.15. The van der Waals surface area contributed by atoms with E-state index in [4.69, 9.17) is 4.74 Å². The van der Waals surface area contributed by atoms with Crippen molar-refractivity contribution in [1.82, 2.24) is 0 Å². The topological polar surface area (TPSA) is 26.3 Å². The normalized spacial score (nSPS) is 38.1. The third kappa shape index (κ3) is 1.82. The van der Waals surface area contributed by atoms with E-state index in [0.29, 0.717) is 11.8 Å². The van der Waals surface area contributed by atoms with Crippen LogP contribution in [0.15, 0.2) is 12.7 Å². The van der Waals surface area contributed by atoms with Crippen molar-refractivity contribution in [3.8, 4) is 0 Å². The van der Waals surface area contributed by atoms with Crippen molar-refractivity contribution >= 4 is 5.97 Å². The highest BCUT2D eigenvalue weighted by Crippen LogP contribution is 2.66. The molecule has 2 saturated carbocycles. The minimum absolute atomic E-state index is 0.0560. The largest absolute Gasteiger partial charge is 0.462 e. The zero-order valence-corrected chi connectivity index (χ0v) is 11.3. The first-order chi connectivity index (χ1) is 7.91. The highest BCUT2D eigenvalue weighted by atomic mass is 16.5. The molecule has 0 saturated heterocycles. The summed E-state index contributed by atoms with van der Waals surface area (Å²) in [5.41, 5.74) is 0.498. The van der Waals surface area contributed by atoms with Gasteiger partial charge in [0, 0.05) is 11.8 Å². The van der Waals surface area contributed by atoms with Gasteiger partial charge in [0.15, 0.2) is 0 Å². The third-order valence-electron chi connectivity index (χ3n) is 5.54. The summed E-state index contributed by atoms with van der Waals surface area (Å²) >= 11 is 0.